The van der Waals surface area contributed by atoms with E-state index in [1.807, 2.05) is 0 Å². The first-order chi connectivity index (χ1) is 17.0. The van der Waals surface area contributed by atoms with Gasteiger partial charge in [0.25, 0.3) is 5.91 Å². The van der Waals surface area contributed by atoms with Crippen LogP contribution in [-0.2, 0) is 14.8 Å². The Hall–Kier alpha value is -3.28. The third kappa shape index (κ3) is 5.07. The normalized spacial score (nSPS) is 17.3. The number of nitrogens with zero attached hydrogens (tertiary/aromatic N) is 4. The Labute approximate surface area is 203 Å². The van der Waals surface area contributed by atoms with E-state index in [1.54, 1.807) is 36.7 Å². The zero-order chi connectivity index (χ0) is 24.3. The minimum absolute atomic E-state index is 0.0843. The number of aromatic nitrogens is 2. The molecule has 10 nitrogen and oxygen atoms in total. The number of hydrogen-bond acceptors (Lipinski definition) is 8. The molecule has 2 saturated heterocycles. The summed E-state index contributed by atoms with van der Waals surface area (Å²) in [5, 5.41) is 6.76. The fourth-order valence-electron chi connectivity index (χ4n) is 4.32. The number of morpholine rings is 1. The highest BCUT2D eigenvalue weighted by molar-refractivity contribution is 7.89. The van der Waals surface area contributed by atoms with E-state index in [9.17, 15) is 13.2 Å². The average Bonchev–Trinajstić information content (AvgIpc) is 3.41. The van der Waals surface area contributed by atoms with Crippen molar-refractivity contribution in [3.05, 3.63) is 54.5 Å². The molecule has 2 aliphatic rings. The fourth-order valence-corrected chi connectivity index (χ4v) is 5.87. The average molecular weight is 498 g/mol. The van der Waals surface area contributed by atoms with Crippen LogP contribution in [0.1, 0.15) is 29.8 Å². The molecular weight excluding hydrogens is 470 g/mol. The lowest BCUT2D eigenvalue weighted by Gasteiger charge is -2.31. The molecule has 0 bridgehead atoms. The second-order valence-electron chi connectivity index (χ2n) is 8.52. The van der Waals surface area contributed by atoms with E-state index in [-0.39, 0.29) is 10.6 Å². The molecule has 5 rings (SSSR count). The van der Waals surface area contributed by atoms with Crippen LogP contribution in [0.2, 0.25) is 0 Å². The number of benzene rings is 1. The van der Waals surface area contributed by atoms with E-state index in [0.29, 0.717) is 56.4 Å². The molecule has 35 heavy (non-hydrogen) atoms. The molecule has 11 heteroatoms. The molecule has 2 aliphatic heterocycles. The summed E-state index contributed by atoms with van der Waals surface area (Å²) in [5.74, 6) is -0.0796. The van der Waals surface area contributed by atoms with Gasteiger partial charge >= 0.3 is 0 Å². The molecule has 0 saturated carbocycles. The fraction of sp³-hybridized carbons (Fsp3) is 0.375. The summed E-state index contributed by atoms with van der Waals surface area (Å²) in [7, 11) is -3.67. The van der Waals surface area contributed by atoms with Gasteiger partial charge in [0.2, 0.25) is 10.0 Å². The van der Waals surface area contributed by atoms with Gasteiger partial charge in [0.15, 0.2) is 11.5 Å². The van der Waals surface area contributed by atoms with Crippen LogP contribution in [0.5, 0.6) is 0 Å². The van der Waals surface area contributed by atoms with Crippen LogP contribution in [0.15, 0.2) is 58.2 Å². The third-order valence-corrected chi connectivity index (χ3v) is 8.10. The highest BCUT2D eigenvalue weighted by atomic mass is 32.2. The summed E-state index contributed by atoms with van der Waals surface area (Å²) in [5.41, 5.74) is 1.92. The van der Waals surface area contributed by atoms with E-state index in [1.165, 1.54) is 16.4 Å². The van der Waals surface area contributed by atoms with Gasteiger partial charge in [0, 0.05) is 50.2 Å². The van der Waals surface area contributed by atoms with Crippen molar-refractivity contribution in [1.82, 2.24) is 14.4 Å². The second-order valence-corrected chi connectivity index (χ2v) is 10.5. The van der Waals surface area contributed by atoms with Crippen molar-refractivity contribution in [2.75, 3.05) is 49.6 Å². The third-order valence-electron chi connectivity index (χ3n) is 6.21. The molecule has 0 spiro atoms. The molecule has 0 atom stereocenters. The molecule has 3 aromatic rings. The predicted octanol–water partition coefficient (Wildman–Crippen LogP) is 3.00. The monoisotopic (exact) mass is 497 g/mol. The summed E-state index contributed by atoms with van der Waals surface area (Å²) in [6.45, 7) is 3.39. The largest absolute Gasteiger partial charge is 0.378 e. The van der Waals surface area contributed by atoms with Crippen LogP contribution in [-0.4, -0.2) is 68.2 Å². The Morgan fingerprint density at radius 2 is 1.80 bits per heavy atom. The van der Waals surface area contributed by atoms with Crippen LogP contribution in [0.25, 0.3) is 11.3 Å². The van der Waals surface area contributed by atoms with Crippen molar-refractivity contribution in [1.29, 1.82) is 0 Å². The molecule has 184 valence electrons. The standard InChI is InChI=1S/C24H27N5O5S/c30-24(21-16-23(34-27-21)18-5-4-8-25-17-18)26-20-15-19(35(31,32)29-9-2-1-3-10-29)6-7-22(20)28-11-13-33-14-12-28/h4-8,15-17H,1-3,9-14H2,(H,26,30). The molecule has 1 N–H and O–H groups in total. The Balaban J connectivity index is 1.45. The number of hydrogen-bond donors (Lipinski definition) is 1. The number of carbonyl (C=O) groups is 1. The molecule has 2 aromatic heterocycles. The number of sulfonamides is 1. The van der Waals surface area contributed by atoms with Gasteiger partial charge in [-0.05, 0) is 43.2 Å². The van der Waals surface area contributed by atoms with Gasteiger partial charge in [-0.2, -0.15) is 4.31 Å². The number of piperidine rings is 1. The van der Waals surface area contributed by atoms with Crippen LogP contribution in [0, 0.1) is 0 Å². The van der Waals surface area contributed by atoms with Gasteiger partial charge in [-0.25, -0.2) is 8.42 Å². The summed E-state index contributed by atoms with van der Waals surface area (Å²) in [6.07, 6.45) is 5.99. The first kappa shape index (κ1) is 23.5. The van der Waals surface area contributed by atoms with Crippen molar-refractivity contribution in [2.45, 2.75) is 24.2 Å². The maximum Gasteiger partial charge on any atom is 0.277 e. The number of carbonyl (C=O) groups excluding carboxylic acids is 1. The van der Waals surface area contributed by atoms with E-state index < -0.39 is 15.9 Å². The minimum Gasteiger partial charge on any atom is -0.378 e. The zero-order valence-corrected chi connectivity index (χ0v) is 20.0. The number of ether oxygens (including phenoxy) is 1. The highest BCUT2D eigenvalue weighted by Crippen LogP contribution is 2.32. The smallest absolute Gasteiger partial charge is 0.277 e. The van der Waals surface area contributed by atoms with Crippen molar-refractivity contribution in [3.8, 4) is 11.3 Å². The lowest BCUT2D eigenvalue weighted by molar-refractivity contribution is 0.101. The summed E-state index contributed by atoms with van der Waals surface area (Å²) in [6, 6.07) is 10.0. The van der Waals surface area contributed by atoms with Crippen molar-refractivity contribution in [3.63, 3.8) is 0 Å². The SMILES string of the molecule is O=C(Nc1cc(S(=O)(=O)N2CCCCC2)ccc1N1CCOCC1)c1cc(-c2cccnc2)on1. The van der Waals surface area contributed by atoms with Crippen LogP contribution >= 0.6 is 0 Å². The van der Waals surface area contributed by atoms with Gasteiger partial charge < -0.3 is 19.5 Å². The van der Waals surface area contributed by atoms with E-state index in [4.69, 9.17) is 9.26 Å². The summed E-state index contributed by atoms with van der Waals surface area (Å²) < 4.78 is 38.9. The van der Waals surface area contributed by atoms with Crippen LogP contribution in [0.3, 0.4) is 0 Å². The molecule has 0 aliphatic carbocycles. The number of amides is 1. The van der Waals surface area contributed by atoms with Crippen LogP contribution < -0.4 is 10.2 Å². The molecule has 0 radical (unpaired) electrons. The van der Waals surface area contributed by atoms with Gasteiger partial charge in [-0.1, -0.05) is 11.6 Å². The predicted molar refractivity (Wildman–Crippen MR) is 130 cm³/mol. The maximum absolute atomic E-state index is 13.3. The Morgan fingerprint density at radius 3 is 2.54 bits per heavy atom. The molecular formula is C24H27N5O5S. The Bertz CT molecular complexity index is 1280. The quantitative estimate of drug-likeness (QED) is 0.552. The molecule has 1 aromatic carbocycles. The second kappa shape index (κ2) is 10.1. The topological polar surface area (TPSA) is 118 Å². The summed E-state index contributed by atoms with van der Waals surface area (Å²) in [4.78, 5) is 19.4. The number of pyridine rings is 1. The Kier molecular flexibility index (Phi) is 6.80. The van der Waals surface area contributed by atoms with Gasteiger partial charge in [0.05, 0.1) is 29.5 Å². The number of nitrogens with one attached hydrogen (secondary N) is 1. The van der Waals surface area contributed by atoms with Gasteiger partial charge in [0.1, 0.15) is 0 Å². The molecule has 1 amide bonds. The first-order valence-electron chi connectivity index (χ1n) is 11.7. The lowest BCUT2D eigenvalue weighted by Crippen LogP contribution is -2.37. The highest BCUT2D eigenvalue weighted by Gasteiger charge is 2.28. The van der Waals surface area contributed by atoms with Gasteiger partial charge in [-0.15, -0.1) is 0 Å². The zero-order valence-electron chi connectivity index (χ0n) is 19.2. The van der Waals surface area contributed by atoms with E-state index in [0.717, 1.165) is 24.9 Å². The van der Waals surface area contributed by atoms with Gasteiger partial charge in [-0.3, -0.25) is 9.78 Å². The first-order valence-corrected chi connectivity index (χ1v) is 13.1. The lowest BCUT2D eigenvalue weighted by atomic mass is 10.2. The minimum atomic E-state index is -3.67. The summed E-state index contributed by atoms with van der Waals surface area (Å²) >= 11 is 0. The van der Waals surface area contributed by atoms with Crippen LogP contribution in [0.4, 0.5) is 11.4 Å². The van der Waals surface area contributed by atoms with Crippen molar-refractivity contribution in [2.24, 2.45) is 0 Å². The molecule has 4 heterocycles. The Morgan fingerprint density at radius 1 is 1.00 bits per heavy atom. The van der Waals surface area contributed by atoms with E-state index >= 15 is 0 Å². The van der Waals surface area contributed by atoms with Crippen molar-refractivity contribution >= 4 is 27.3 Å². The van der Waals surface area contributed by atoms with Crippen molar-refractivity contribution < 1.29 is 22.5 Å². The number of anilines is 2. The number of rotatable bonds is 6. The van der Waals surface area contributed by atoms with E-state index in [2.05, 4.69) is 20.4 Å². The molecule has 0 unspecified atom stereocenters. The maximum atomic E-state index is 13.3. The molecule has 2 fully saturated rings.